The maximum Gasteiger partial charge on any atom is 0.218 e. The Morgan fingerprint density at radius 1 is 1.10 bits per heavy atom. The first-order chi connectivity index (χ1) is 9.67. The van der Waals surface area contributed by atoms with E-state index in [1.165, 1.54) is 0 Å². The average Bonchev–Trinajstić information content (AvgIpc) is 2.42. The molecule has 20 heavy (non-hydrogen) atoms. The van der Waals surface area contributed by atoms with Crippen LogP contribution in [0.2, 0.25) is 10.2 Å². The van der Waals surface area contributed by atoms with Gasteiger partial charge < -0.3 is 9.47 Å². The number of halogens is 2. The van der Waals surface area contributed by atoms with E-state index < -0.39 is 0 Å². The van der Waals surface area contributed by atoms with Gasteiger partial charge >= 0.3 is 0 Å². The van der Waals surface area contributed by atoms with Crippen LogP contribution < -0.4 is 4.74 Å². The summed E-state index contributed by atoms with van der Waals surface area (Å²) in [5.74, 6) is 0.917. The molecule has 106 valence electrons. The molecule has 0 spiro atoms. The number of hydrogen-bond acceptors (Lipinski definition) is 4. The number of rotatable bonds is 6. The molecule has 0 N–H and O–H groups in total. The van der Waals surface area contributed by atoms with Crippen LogP contribution in [0.5, 0.6) is 5.88 Å². The highest BCUT2D eigenvalue weighted by Crippen LogP contribution is 2.17. The average molecular weight is 313 g/mol. The third-order valence-electron chi connectivity index (χ3n) is 2.43. The first-order valence-electron chi connectivity index (χ1n) is 6.16. The zero-order chi connectivity index (χ0) is 14.4. The number of benzene rings is 1. The van der Waals surface area contributed by atoms with Gasteiger partial charge in [-0.15, -0.1) is 0 Å². The zero-order valence-electron chi connectivity index (χ0n) is 11.0. The Balaban J connectivity index is 2.03. The third kappa shape index (κ3) is 4.63. The summed E-state index contributed by atoms with van der Waals surface area (Å²) in [4.78, 5) is 8.30. The van der Waals surface area contributed by atoms with E-state index in [2.05, 4.69) is 9.97 Å². The molecule has 1 aromatic carbocycles. The van der Waals surface area contributed by atoms with Gasteiger partial charge in [-0.05, 0) is 24.6 Å². The van der Waals surface area contributed by atoms with Crippen LogP contribution in [0.4, 0.5) is 0 Å². The lowest BCUT2D eigenvalue weighted by molar-refractivity contribution is 0.127. The van der Waals surface area contributed by atoms with Crippen LogP contribution in [0.25, 0.3) is 0 Å². The maximum atomic E-state index is 5.93. The van der Waals surface area contributed by atoms with Crippen LogP contribution in [0.3, 0.4) is 0 Å². The minimum atomic E-state index is 0.310. The highest BCUT2D eigenvalue weighted by atomic mass is 35.5. The summed E-state index contributed by atoms with van der Waals surface area (Å²) in [6, 6.07) is 9.02. The van der Waals surface area contributed by atoms with Gasteiger partial charge in [0.1, 0.15) is 18.4 Å². The van der Waals surface area contributed by atoms with Gasteiger partial charge in [0.2, 0.25) is 5.88 Å². The van der Waals surface area contributed by atoms with E-state index >= 15 is 0 Å². The highest BCUT2D eigenvalue weighted by Gasteiger charge is 2.05. The fraction of sp³-hybridized carbons (Fsp3) is 0.286. The van der Waals surface area contributed by atoms with E-state index in [9.17, 15) is 0 Å². The van der Waals surface area contributed by atoms with Gasteiger partial charge in [0.05, 0.1) is 0 Å². The minimum absolute atomic E-state index is 0.310. The molecule has 0 bridgehead atoms. The van der Waals surface area contributed by atoms with E-state index in [0.29, 0.717) is 41.7 Å². The van der Waals surface area contributed by atoms with Crippen molar-refractivity contribution in [3.8, 4) is 5.88 Å². The molecule has 0 aliphatic rings. The largest absolute Gasteiger partial charge is 0.473 e. The number of nitrogens with zero attached hydrogens (tertiary/aromatic N) is 2. The van der Waals surface area contributed by atoms with Crippen molar-refractivity contribution in [2.75, 3.05) is 6.61 Å². The molecule has 1 heterocycles. The fourth-order valence-electron chi connectivity index (χ4n) is 1.56. The molecular formula is C14H14Cl2N2O2. The molecule has 2 aromatic rings. The Bertz CT molecular complexity index is 579. The molecule has 6 heteroatoms. The number of hydrogen-bond donors (Lipinski definition) is 0. The van der Waals surface area contributed by atoms with Crippen molar-refractivity contribution >= 4 is 23.2 Å². The maximum absolute atomic E-state index is 5.93. The molecule has 0 atom stereocenters. The lowest BCUT2D eigenvalue weighted by atomic mass is 10.2. The van der Waals surface area contributed by atoms with E-state index in [1.807, 2.05) is 31.2 Å². The quantitative estimate of drug-likeness (QED) is 0.759. The summed E-state index contributed by atoms with van der Waals surface area (Å²) in [5.41, 5.74) is 0.957. The second kappa shape index (κ2) is 7.43. The summed E-state index contributed by atoms with van der Waals surface area (Å²) in [5, 5.41) is 1.000. The van der Waals surface area contributed by atoms with E-state index in [4.69, 9.17) is 32.7 Å². The van der Waals surface area contributed by atoms with Gasteiger partial charge in [0.15, 0.2) is 5.82 Å². The monoisotopic (exact) mass is 312 g/mol. The number of aromatic nitrogens is 2. The molecule has 0 unspecified atom stereocenters. The van der Waals surface area contributed by atoms with Crippen LogP contribution in [0, 0.1) is 0 Å². The van der Waals surface area contributed by atoms with Gasteiger partial charge in [0.25, 0.3) is 0 Å². The van der Waals surface area contributed by atoms with E-state index in [-0.39, 0.29) is 0 Å². The summed E-state index contributed by atoms with van der Waals surface area (Å²) in [7, 11) is 0. The number of ether oxygens (including phenoxy) is 2. The third-order valence-corrected chi connectivity index (χ3v) is 2.86. The molecule has 1 aromatic heterocycles. The molecule has 0 fully saturated rings. The van der Waals surface area contributed by atoms with Crippen LogP contribution >= 0.6 is 23.2 Å². The molecule has 4 nitrogen and oxygen atoms in total. The first-order valence-corrected chi connectivity index (χ1v) is 6.91. The topological polar surface area (TPSA) is 44.2 Å². The Morgan fingerprint density at radius 2 is 1.95 bits per heavy atom. The molecule has 2 rings (SSSR count). The van der Waals surface area contributed by atoms with Crippen LogP contribution in [-0.2, 0) is 18.0 Å². The standard InChI is InChI=1S/C14H14Cl2N2O2/c1-2-19-9-13-17-12(16)7-14(18-13)20-8-10-4-3-5-11(15)6-10/h3-7H,2,8-9H2,1H3. The van der Waals surface area contributed by atoms with Crippen molar-refractivity contribution in [1.82, 2.24) is 9.97 Å². The van der Waals surface area contributed by atoms with Gasteiger partial charge in [-0.1, -0.05) is 35.3 Å². The van der Waals surface area contributed by atoms with Gasteiger partial charge in [-0.3, -0.25) is 0 Å². The second-order valence-electron chi connectivity index (χ2n) is 4.00. The van der Waals surface area contributed by atoms with E-state index in [0.717, 1.165) is 5.56 Å². The molecule has 0 aliphatic carbocycles. The summed E-state index contributed by atoms with van der Waals surface area (Å²) >= 11 is 11.8. The summed E-state index contributed by atoms with van der Waals surface area (Å²) in [6.07, 6.45) is 0. The van der Waals surface area contributed by atoms with Crippen molar-refractivity contribution in [2.24, 2.45) is 0 Å². The Hall–Kier alpha value is -1.36. The molecule has 0 saturated heterocycles. The smallest absolute Gasteiger partial charge is 0.218 e. The molecule has 0 amide bonds. The van der Waals surface area contributed by atoms with Gasteiger partial charge in [0, 0.05) is 17.7 Å². The Morgan fingerprint density at radius 3 is 2.70 bits per heavy atom. The summed E-state index contributed by atoms with van der Waals surface area (Å²) < 4.78 is 10.9. The van der Waals surface area contributed by atoms with Crippen LogP contribution in [0.15, 0.2) is 30.3 Å². The lowest BCUT2D eigenvalue weighted by Gasteiger charge is -2.08. The molecule has 0 radical (unpaired) electrons. The van der Waals surface area contributed by atoms with Crippen molar-refractivity contribution in [3.05, 3.63) is 51.9 Å². The van der Waals surface area contributed by atoms with Crippen LogP contribution in [0.1, 0.15) is 18.3 Å². The van der Waals surface area contributed by atoms with Crippen molar-refractivity contribution in [1.29, 1.82) is 0 Å². The summed E-state index contributed by atoms with van der Waals surface area (Å²) in [6.45, 7) is 3.17. The zero-order valence-corrected chi connectivity index (χ0v) is 12.5. The lowest BCUT2D eigenvalue weighted by Crippen LogP contribution is -2.03. The van der Waals surface area contributed by atoms with Crippen molar-refractivity contribution in [3.63, 3.8) is 0 Å². The Kier molecular flexibility index (Phi) is 5.59. The molecular weight excluding hydrogens is 299 g/mol. The molecule has 0 aliphatic heterocycles. The Labute approximate surface area is 127 Å². The SMILES string of the molecule is CCOCc1nc(Cl)cc(OCc2cccc(Cl)c2)n1. The minimum Gasteiger partial charge on any atom is -0.473 e. The predicted molar refractivity (Wildman–Crippen MR) is 78.2 cm³/mol. The van der Waals surface area contributed by atoms with Gasteiger partial charge in [-0.2, -0.15) is 4.98 Å². The highest BCUT2D eigenvalue weighted by molar-refractivity contribution is 6.30. The second-order valence-corrected chi connectivity index (χ2v) is 4.82. The van der Waals surface area contributed by atoms with Crippen molar-refractivity contribution < 1.29 is 9.47 Å². The van der Waals surface area contributed by atoms with Crippen LogP contribution in [-0.4, -0.2) is 16.6 Å². The predicted octanol–water partition coefficient (Wildman–Crippen LogP) is 3.90. The van der Waals surface area contributed by atoms with E-state index in [1.54, 1.807) is 6.07 Å². The normalized spacial score (nSPS) is 10.6. The first kappa shape index (κ1) is 15.0. The van der Waals surface area contributed by atoms with Gasteiger partial charge in [-0.25, -0.2) is 4.98 Å². The fourth-order valence-corrected chi connectivity index (χ4v) is 1.96. The molecule has 0 saturated carbocycles. The van der Waals surface area contributed by atoms with Crippen molar-refractivity contribution in [2.45, 2.75) is 20.1 Å².